The van der Waals surface area contributed by atoms with Gasteiger partial charge < -0.3 is 19.5 Å². The minimum Gasteiger partial charge on any atom is -0.475 e. The highest BCUT2D eigenvalue weighted by Crippen LogP contribution is 2.21. The predicted molar refractivity (Wildman–Crippen MR) is 68.6 cm³/mol. The fraction of sp³-hybridized carbons (Fsp3) is 0.545. The zero-order chi connectivity index (χ0) is 14.1. The first-order chi connectivity index (χ1) is 9.17. The van der Waals surface area contributed by atoms with Gasteiger partial charge in [-0.05, 0) is 0 Å². The predicted octanol–water partition coefficient (Wildman–Crippen LogP) is 1.07. The molecule has 0 saturated heterocycles. The first-order valence-electron chi connectivity index (χ1n) is 5.71. The monoisotopic (exact) mass is 271 g/mol. The zero-order valence-electron chi connectivity index (χ0n) is 10.9. The van der Waals surface area contributed by atoms with Gasteiger partial charge in [0.25, 0.3) is 5.69 Å². The van der Waals surface area contributed by atoms with E-state index in [1.54, 1.807) is 14.2 Å². The molecule has 0 aromatic carbocycles. The minimum atomic E-state index is -0.496. The first-order valence-corrected chi connectivity index (χ1v) is 5.71. The van der Waals surface area contributed by atoms with E-state index in [-0.39, 0.29) is 18.2 Å². The Hall–Kier alpha value is -1.93. The molecule has 0 radical (unpaired) electrons. The van der Waals surface area contributed by atoms with Gasteiger partial charge in [0.15, 0.2) is 0 Å². The van der Waals surface area contributed by atoms with E-state index < -0.39 is 4.92 Å². The molecule has 8 heteroatoms. The molecule has 8 nitrogen and oxygen atoms in total. The largest absolute Gasteiger partial charge is 0.475 e. The van der Waals surface area contributed by atoms with Crippen LogP contribution < -0.4 is 10.1 Å². The van der Waals surface area contributed by atoms with Crippen molar-refractivity contribution < 1.29 is 19.1 Å². The number of hydrogen-bond acceptors (Lipinski definition) is 7. The average Bonchev–Trinajstić information content (AvgIpc) is 2.42. The maximum atomic E-state index is 10.7. The highest BCUT2D eigenvalue weighted by atomic mass is 16.6. The standard InChI is InChI=1S/C11H17N3O5/c1-12-10-7-9(14(15)16)8-11(13-10)19-6-5-18-4-3-17-2/h7-8H,3-6H2,1-2H3,(H,12,13). The molecule has 106 valence electrons. The topological polar surface area (TPSA) is 95.8 Å². The molecule has 0 amide bonds. The van der Waals surface area contributed by atoms with Crippen molar-refractivity contribution in [3.63, 3.8) is 0 Å². The van der Waals surface area contributed by atoms with Gasteiger partial charge in [-0.2, -0.15) is 4.98 Å². The van der Waals surface area contributed by atoms with E-state index in [9.17, 15) is 10.1 Å². The van der Waals surface area contributed by atoms with Gasteiger partial charge in [0.2, 0.25) is 5.88 Å². The van der Waals surface area contributed by atoms with Crippen LogP contribution in [-0.2, 0) is 9.47 Å². The Labute approximate surface area is 110 Å². The third kappa shape index (κ3) is 5.49. The van der Waals surface area contributed by atoms with Gasteiger partial charge in [-0.3, -0.25) is 10.1 Å². The van der Waals surface area contributed by atoms with E-state index >= 15 is 0 Å². The third-order valence-electron chi connectivity index (χ3n) is 2.16. The summed E-state index contributed by atoms with van der Waals surface area (Å²) in [5.41, 5.74) is -0.0744. The Balaban J connectivity index is 2.48. The van der Waals surface area contributed by atoms with Crippen LogP contribution in [0.25, 0.3) is 0 Å². The lowest BCUT2D eigenvalue weighted by Gasteiger charge is -2.07. The molecule has 1 rings (SSSR count). The summed E-state index contributed by atoms with van der Waals surface area (Å²) in [4.78, 5) is 14.3. The Morgan fingerprint density at radius 1 is 1.32 bits per heavy atom. The Kier molecular flexibility index (Phi) is 6.55. The number of ether oxygens (including phenoxy) is 3. The summed E-state index contributed by atoms with van der Waals surface area (Å²) in [5.74, 6) is 0.568. The molecule has 0 spiro atoms. The van der Waals surface area contributed by atoms with Crippen LogP contribution in [0.4, 0.5) is 11.5 Å². The molecule has 1 heterocycles. The summed E-state index contributed by atoms with van der Waals surface area (Å²) in [6.07, 6.45) is 0. The molecule has 0 atom stereocenters. The van der Waals surface area contributed by atoms with Gasteiger partial charge in [0, 0.05) is 14.2 Å². The number of aromatic nitrogens is 1. The van der Waals surface area contributed by atoms with Gasteiger partial charge in [-0.1, -0.05) is 0 Å². The fourth-order valence-electron chi connectivity index (χ4n) is 1.25. The highest BCUT2D eigenvalue weighted by Gasteiger charge is 2.11. The number of rotatable bonds is 9. The van der Waals surface area contributed by atoms with Crippen molar-refractivity contribution in [1.29, 1.82) is 0 Å². The molecule has 1 N–H and O–H groups in total. The molecule has 0 fully saturated rings. The van der Waals surface area contributed by atoms with Crippen molar-refractivity contribution in [2.24, 2.45) is 0 Å². The minimum absolute atomic E-state index is 0.0744. The molecule has 0 bridgehead atoms. The van der Waals surface area contributed by atoms with Gasteiger partial charge in [0.05, 0.1) is 36.9 Å². The number of pyridine rings is 1. The van der Waals surface area contributed by atoms with E-state index in [4.69, 9.17) is 14.2 Å². The number of nitrogens with zero attached hydrogens (tertiary/aromatic N) is 2. The van der Waals surface area contributed by atoms with Crippen molar-refractivity contribution in [3.05, 3.63) is 22.2 Å². The molecule has 0 aliphatic rings. The lowest BCUT2D eigenvalue weighted by Crippen LogP contribution is -2.11. The normalized spacial score (nSPS) is 10.2. The third-order valence-corrected chi connectivity index (χ3v) is 2.16. The molecule has 1 aromatic rings. The lowest BCUT2D eigenvalue weighted by atomic mass is 10.4. The zero-order valence-corrected chi connectivity index (χ0v) is 10.9. The summed E-state index contributed by atoms with van der Waals surface area (Å²) in [6, 6.07) is 2.61. The van der Waals surface area contributed by atoms with Crippen LogP contribution in [0.5, 0.6) is 5.88 Å². The first kappa shape index (κ1) is 15.1. The van der Waals surface area contributed by atoms with Crippen molar-refractivity contribution in [2.75, 3.05) is 45.9 Å². The van der Waals surface area contributed by atoms with Gasteiger partial charge in [-0.25, -0.2) is 0 Å². The van der Waals surface area contributed by atoms with E-state index in [2.05, 4.69) is 10.3 Å². The van der Waals surface area contributed by atoms with E-state index in [1.165, 1.54) is 12.1 Å². The molecule has 19 heavy (non-hydrogen) atoms. The number of hydrogen-bond donors (Lipinski definition) is 1. The quantitative estimate of drug-likeness (QED) is 0.407. The van der Waals surface area contributed by atoms with E-state index in [1.807, 2.05) is 0 Å². The smallest absolute Gasteiger partial charge is 0.278 e. The summed E-state index contributed by atoms with van der Waals surface area (Å²) < 4.78 is 15.3. The summed E-state index contributed by atoms with van der Waals surface area (Å²) >= 11 is 0. The van der Waals surface area contributed by atoms with Gasteiger partial charge in [0.1, 0.15) is 12.4 Å². The molecule has 0 aliphatic heterocycles. The highest BCUT2D eigenvalue weighted by molar-refractivity contribution is 5.47. The second kappa shape index (κ2) is 8.22. The van der Waals surface area contributed by atoms with Crippen molar-refractivity contribution in [2.45, 2.75) is 0 Å². The number of methoxy groups -OCH3 is 1. The van der Waals surface area contributed by atoms with Crippen LogP contribution in [0.2, 0.25) is 0 Å². The van der Waals surface area contributed by atoms with Crippen LogP contribution in [-0.4, -0.2) is 50.5 Å². The van der Waals surface area contributed by atoms with Gasteiger partial charge in [-0.15, -0.1) is 0 Å². The summed E-state index contributed by atoms with van der Waals surface area (Å²) in [5, 5.41) is 13.5. The second-order valence-corrected chi connectivity index (χ2v) is 3.51. The number of anilines is 1. The summed E-state index contributed by atoms with van der Waals surface area (Å²) in [7, 11) is 3.22. The van der Waals surface area contributed by atoms with Crippen LogP contribution in [0, 0.1) is 10.1 Å². The van der Waals surface area contributed by atoms with E-state index in [0.29, 0.717) is 25.6 Å². The second-order valence-electron chi connectivity index (χ2n) is 3.51. The Bertz CT molecular complexity index is 413. The Morgan fingerprint density at radius 3 is 2.68 bits per heavy atom. The molecular formula is C11H17N3O5. The maximum absolute atomic E-state index is 10.7. The number of nitrogens with one attached hydrogen (secondary N) is 1. The molecule has 0 aliphatic carbocycles. The fourth-order valence-corrected chi connectivity index (χ4v) is 1.25. The molecular weight excluding hydrogens is 254 g/mol. The van der Waals surface area contributed by atoms with Crippen molar-refractivity contribution >= 4 is 11.5 Å². The van der Waals surface area contributed by atoms with Crippen LogP contribution >= 0.6 is 0 Å². The van der Waals surface area contributed by atoms with E-state index in [0.717, 1.165) is 0 Å². The number of nitro groups is 1. The van der Waals surface area contributed by atoms with Crippen molar-refractivity contribution in [1.82, 2.24) is 4.98 Å². The molecule has 0 unspecified atom stereocenters. The maximum Gasteiger partial charge on any atom is 0.278 e. The summed E-state index contributed by atoms with van der Waals surface area (Å²) in [6.45, 7) is 1.62. The molecule has 1 aromatic heterocycles. The molecule has 0 saturated carbocycles. The van der Waals surface area contributed by atoms with Crippen LogP contribution in [0.15, 0.2) is 12.1 Å². The SMILES string of the molecule is CNc1cc([N+](=O)[O-])cc(OCCOCCOC)n1. The van der Waals surface area contributed by atoms with Gasteiger partial charge >= 0.3 is 0 Å². The lowest BCUT2D eigenvalue weighted by molar-refractivity contribution is -0.384. The van der Waals surface area contributed by atoms with Crippen LogP contribution in [0.3, 0.4) is 0 Å². The van der Waals surface area contributed by atoms with Crippen molar-refractivity contribution in [3.8, 4) is 5.88 Å². The Morgan fingerprint density at radius 2 is 2.05 bits per heavy atom. The van der Waals surface area contributed by atoms with Crippen LogP contribution in [0.1, 0.15) is 0 Å². The average molecular weight is 271 g/mol.